The average molecular weight is 573 g/mol. The molecule has 0 radical (unpaired) electrons. The largest absolute Gasteiger partial charge is 0.394 e. The van der Waals surface area contributed by atoms with Gasteiger partial charge in [0.2, 0.25) is 17.7 Å². The summed E-state index contributed by atoms with van der Waals surface area (Å²) in [4.78, 5) is 42.6. The maximum Gasteiger partial charge on any atom is 0.248 e. The van der Waals surface area contributed by atoms with Gasteiger partial charge in [-0.1, -0.05) is 59.9 Å². The summed E-state index contributed by atoms with van der Waals surface area (Å²) < 4.78 is -0.771. The van der Waals surface area contributed by atoms with Gasteiger partial charge in [-0.05, 0) is 30.9 Å². The third kappa shape index (κ3) is 3.78. The zero-order valence-corrected chi connectivity index (χ0v) is 22.8. The highest BCUT2D eigenvalue weighted by molar-refractivity contribution is 9.09. The van der Waals surface area contributed by atoms with Gasteiger partial charge in [0.15, 0.2) is 0 Å². The summed E-state index contributed by atoms with van der Waals surface area (Å²) in [7, 11) is 1.58. The highest BCUT2D eigenvalue weighted by Gasteiger charge is 2.76. The fraction of sp³-hybridized carbons (Fsp3) is 0.625. The molecule has 7 nitrogen and oxygen atoms in total. The molecular formula is C24H31BrClN3O4S. The fourth-order valence-electron chi connectivity index (χ4n) is 5.99. The molecule has 3 saturated heterocycles. The Morgan fingerprint density at radius 1 is 1.38 bits per heavy atom. The van der Waals surface area contributed by atoms with Gasteiger partial charge in [-0.3, -0.25) is 14.4 Å². The van der Waals surface area contributed by atoms with Gasteiger partial charge in [0.25, 0.3) is 0 Å². The van der Waals surface area contributed by atoms with Crippen LogP contribution in [0.1, 0.15) is 32.3 Å². The zero-order chi connectivity index (χ0) is 24.9. The molecule has 3 aliphatic heterocycles. The maximum atomic E-state index is 14.0. The number of amides is 3. The Labute approximate surface area is 217 Å². The monoisotopic (exact) mass is 571 g/mol. The van der Waals surface area contributed by atoms with Crippen LogP contribution in [-0.2, 0) is 14.4 Å². The third-order valence-corrected chi connectivity index (χ3v) is 11.4. The number of nitrogens with zero attached hydrogens (tertiary/aromatic N) is 1. The van der Waals surface area contributed by atoms with Crippen LogP contribution in [0.15, 0.2) is 18.2 Å². The Balaban J connectivity index is 1.82. The number of rotatable bonds is 7. The number of halogens is 2. The van der Waals surface area contributed by atoms with E-state index in [9.17, 15) is 19.5 Å². The summed E-state index contributed by atoms with van der Waals surface area (Å²) in [5, 5.41) is 16.4. The van der Waals surface area contributed by atoms with Gasteiger partial charge >= 0.3 is 0 Å². The van der Waals surface area contributed by atoms with Crippen molar-refractivity contribution < 1.29 is 19.5 Å². The van der Waals surface area contributed by atoms with E-state index in [0.29, 0.717) is 17.1 Å². The highest BCUT2D eigenvalue weighted by atomic mass is 79.9. The van der Waals surface area contributed by atoms with E-state index >= 15 is 0 Å². The predicted octanol–water partition coefficient (Wildman–Crippen LogP) is 3.20. The van der Waals surface area contributed by atoms with E-state index in [1.807, 2.05) is 32.9 Å². The lowest BCUT2D eigenvalue weighted by Crippen LogP contribution is -2.56. The number of aryl methyl sites for hydroxylation is 1. The number of hydrogen-bond donors (Lipinski definition) is 3. The quantitative estimate of drug-likeness (QED) is 0.436. The summed E-state index contributed by atoms with van der Waals surface area (Å²) in [6, 6.07) is 4.03. The molecule has 2 bridgehead atoms. The number of anilines is 1. The van der Waals surface area contributed by atoms with Crippen LogP contribution < -0.4 is 10.6 Å². The van der Waals surface area contributed by atoms with Crippen LogP contribution >= 0.6 is 39.3 Å². The van der Waals surface area contributed by atoms with Crippen LogP contribution in [0.5, 0.6) is 0 Å². The number of para-hydroxylation sites is 1. The van der Waals surface area contributed by atoms with Gasteiger partial charge in [0.05, 0.1) is 39.9 Å². The minimum atomic E-state index is -0.837. The van der Waals surface area contributed by atoms with E-state index in [1.54, 1.807) is 29.8 Å². The van der Waals surface area contributed by atoms with Crippen LogP contribution in [0, 0.1) is 24.7 Å². The molecule has 10 heteroatoms. The number of benzene rings is 1. The Hall–Kier alpha value is -1.29. The molecule has 4 rings (SSSR count). The molecule has 1 spiro atoms. The molecule has 3 aliphatic rings. The zero-order valence-electron chi connectivity index (χ0n) is 19.7. The van der Waals surface area contributed by atoms with Gasteiger partial charge in [0.1, 0.15) is 6.04 Å². The number of fused-ring (bicyclic) bond motifs is 1. The molecular weight excluding hydrogens is 542 g/mol. The van der Waals surface area contributed by atoms with Crippen molar-refractivity contribution in [3.63, 3.8) is 0 Å². The summed E-state index contributed by atoms with van der Waals surface area (Å²) in [5.74, 6) is -1.94. The SMILES string of the molecule is CC[C@H](C)[C@H](CO)N1C(=O)[C@@H]2[C@H](C(=O)NC)[C@H]3SC2(CC3Br)C1C(=O)Nc1c(C)cccc1Cl. The van der Waals surface area contributed by atoms with E-state index in [1.165, 1.54) is 0 Å². The molecule has 1 aromatic carbocycles. The van der Waals surface area contributed by atoms with Gasteiger partial charge in [-0.15, -0.1) is 11.8 Å². The molecule has 3 heterocycles. The van der Waals surface area contributed by atoms with Gasteiger partial charge in [-0.25, -0.2) is 0 Å². The molecule has 34 heavy (non-hydrogen) atoms. The Morgan fingerprint density at radius 3 is 2.68 bits per heavy atom. The summed E-state index contributed by atoms with van der Waals surface area (Å²) >= 11 is 11.7. The fourth-order valence-corrected chi connectivity index (χ4v) is 9.86. The van der Waals surface area contributed by atoms with Crippen molar-refractivity contribution in [2.24, 2.45) is 17.8 Å². The van der Waals surface area contributed by atoms with E-state index in [-0.39, 0.29) is 40.3 Å². The first kappa shape index (κ1) is 25.8. The van der Waals surface area contributed by atoms with Crippen LogP contribution in [0.25, 0.3) is 0 Å². The minimum Gasteiger partial charge on any atom is -0.394 e. The topological polar surface area (TPSA) is 98.7 Å². The molecule has 3 fully saturated rings. The number of aliphatic hydroxyl groups excluding tert-OH is 1. The van der Waals surface area contributed by atoms with Crippen LogP contribution in [-0.4, -0.2) is 68.3 Å². The predicted molar refractivity (Wildman–Crippen MR) is 138 cm³/mol. The van der Waals surface area contributed by atoms with Crippen LogP contribution in [0.3, 0.4) is 0 Å². The third-order valence-electron chi connectivity index (χ3n) is 7.84. The highest BCUT2D eigenvalue weighted by Crippen LogP contribution is 2.68. The number of carbonyl (C=O) groups excluding carboxylic acids is 3. The van der Waals surface area contributed by atoms with E-state index < -0.39 is 28.7 Å². The second-order valence-electron chi connectivity index (χ2n) is 9.58. The molecule has 3 unspecified atom stereocenters. The van der Waals surface area contributed by atoms with Crippen molar-refractivity contribution in [3.8, 4) is 0 Å². The van der Waals surface area contributed by atoms with Crippen molar-refractivity contribution in [1.82, 2.24) is 10.2 Å². The first-order valence-corrected chi connectivity index (χ1v) is 13.8. The molecule has 3 amide bonds. The van der Waals surface area contributed by atoms with Crippen molar-refractivity contribution in [2.45, 2.75) is 60.5 Å². The lowest BCUT2D eigenvalue weighted by Gasteiger charge is -2.39. The summed E-state index contributed by atoms with van der Waals surface area (Å²) in [6.45, 7) is 5.58. The number of hydrogen-bond acceptors (Lipinski definition) is 5. The lowest BCUT2D eigenvalue weighted by atomic mass is 9.70. The molecule has 186 valence electrons. The smallest absolute Gasteiger partial charge is 0.248 e. The molecule has 1 aromatic rings. The maximum absolute atomic E-state index is 14.0. The normalized spacial score (nSPS) is 33.6. The number of nitrogens with one attached hydrogen (secondary N) is 2. The number of alkyl halides is 1. The summed E-state index contributed by atoms with van der Waals surface area (Å²) in [6.07, 6.45) is 1.32. The molecule has 0 aliphatic carbocycles. The number of thioether (sulfide) groups is 1. The summed E-state index contributed by atoms with van der Waals surface area (Å²) in [5.41, 5.74) is 1.33. The lowest BCUT2D eigenvalue weighted by molar-refractivity contribution is -0.143. The van der Waals surface area contributed by atoms with Gasteiger partial charge < -0.3 is 20.6 Å². The Bertz CT molecular complexity index is 992. The van der Waals surface area contributed by atoms with E-state index in [2.05, 4.69) is 26.6 Å². The second kappa shape index (κ2) is 9.64. The van der Waals surface area contributed by atoms with Crippen molar-refractivity contribution in [1.29, 1.82) is 0 Å². The van der Waals surface area contributed by atoms with Crippen molar-refractivity contribution in [3.05, 3.63) is 28.8 Å². The van der Waals surface area contributed by atoms with Crippen LogP contribution in [0.4, 0.5) is 5.69 Å². The van der Waals surface area contributed by atoms with E-state index in [4.69, 9.17) is 11.6 Å². The van der Waals surface area contributed by atoms with Gasteiger partial charge in [-0.2, -0.15) is 0 Å². The second-order valence-corrected chi connectivity index (χ2v) is 12.7. The minimum absolute atomic E-state index is 0.00248. The Morgan fingerprint density at radius 2 is 2.09 bits per heavy atom. The molecule has 8 atom stereocenters. The molecule has 3 N–H and O–H groups in total. The van der Waals surface area contributed by atoms with E-state index in [0.717, 1.165) is 12.0 Å². The molecule has 0 aromatic heterocycles. The standard InChI is InChI=1S/C24H31BrClN3O4S/c1-5-11(2)15(10-30)29-20(22(32)28-18-12(3)7-6-8-14(18)26)24-9-13(25)19(34-24)16(21(31)27-4)17(24)23(29)33/h6-8,11,13,15-17,19-20,30H,5,9-10H2,1-4H3,(H,27,31)(H,28,32)/t11-,13?,15-,16-,17-,19-,20?,24?/m0/s1. The molecule has 0 saturated carbocycles. The first-order valence-electron chi connectivity index (χ1n) is 11.6. The average Bonchev–Trinajstić information content (AvgIpc) is 3.40. The Kier molecular flexibility index (Phi) is 7.31. The number of carbonyl (C=O) groups is 3. The number of aliphatic hydroxyl groups is 1. The van der Waals surface area contributed by atoms with Crippen molar-refractivity contribution in [2.75, 3.05) is 19.0 Å². The van der Waals surface area contributed by atoms with Crippen LogP contribution in [0.2, 0.25) is 5.02 Å². The number of likely N-dealkylation sites (tertiary alicyclic amines) is 1. The van der Waals surface area contributed by atoms with Gasteiger partial charge in [0, 0.05) is 17.1 Å². The first-order chi connectivity index (χ1) is 16.1. The van der Waals surface area contributed by atoms with Crippen molar-refractivity contribution >= 4 is 62.7 Å².